The monoisotopic (exact) mass is 568 g/mol. The van der Waals surface area contributed by atoms with Crippen LogP contribution in [0.3, 0.4) is 0 Å². The molecule has 0 unspecified atom stereocenters. The third-order valence-corrected chi connectivity index (χ3v) is 9.90. The minimum Gasteiger partial charge on any atom is -0.390 e. The number of aliphatic hydroxyl groups is 2. The molecule has 4 aliphatic carbocycles. The van der Waals surface area contributed by atoms with Crippen LogP contribution in [0.15, 0.2) is 11.6 Å². The first kappa shape index (κ1) is 29.9. The molecule has 0 bridgehead atoms. The molecule has 0 aromatic carbocycles. The second-order valence-electron chi connectivity index (χ2n) is 11.6. The Morgan fingerprint density at radius 2 is 1.87 bits per heavy atom. The van der Waals surface area contributed by atoms with Gasteiger partial charge in [0.25, 0.3) is 0 Å². The zero-order valence-electron chi connectivity index (χ0n) is 21.5. The second-order valence-corrected chi connectivity index (χ2v) is 12.4. The molecule has 0 amide bonds. The van der Waals surface area contributed by atoms with Gasteiger partial charge >= 0.3 is 0 Å². The normalized spacial score (nSPS) is 47.7. The fraction of sp³-hybridized carbons (Fsp3) is 0.840. The highest BCUT2D eigenvalue weighted by Crippen LogP contribution is 2.72. The van der Waals surface area contributed by atoms with Crippen LogP contribution in [0.25, 0.3) is 0 Å². The van der Waals surface area contributed by atoms with Crippen LogP contribution in [0.5, 0.6) is 0 Å². The van der Waals surface area contributed by atoms with E-state index in [0.717, 1.165) is 6.42 Å². The summed E-state index contributed by atoms with van der Waals surface area (Å²) in [6, 6.07) is 0. The van der Waals surface area contributed by atoms with Crippen molar-refractivity contribution in [1.82, 2.24) is 0 Å². The fourth-order valence-electron chi connectivity index (χ4n) is 8.36. The summed E-state index contributed by atoms with van der Waals surface area (Å²) >= 11 is 0. The van der Waals surface area contributed by atoms with E-state index in [1.807, 2.05) is 6.92 Å². The Labute approximate surface area is 221 Å². The van der Waals surface area contributed by atoms with Crippen molar-refractivity contribution in [3.8, 4) is 0 Å². The summed E-state index contributed by atoms with van der Waals surface area (Å²) in [5, 5.41) is 21.3. The van der Waals surface area contributed by atoms with Crippen molar-refractivity contribution in [3.05, 3.63) is 11.6 Å². The van der Waals surface area contributed by atoms with Crippen molar-refractivity contribution in [3.63, 3.8) is 0 Å². The number of ketones is 2. The number of carbonyl (C=O) groups excluding carboxylic acids is 2. The number of alkyl halides is 2. The van der Waals surface area contributed by atoms with E-state index < -0.39 is 81.2 Å². The maximum absolute atomic E-state index is 17.2. The Morgan fingerprint density at radius 1 is 1.24 bits per heavy atom. The Kier molecular flexibility index (Phi) is 7.69. The van der Waals surface area contributed by atoms with E-state index >= 15 is 8.78 Å². The molecular formula is C25H35ClF2O10. The molecule has 1 aliphatic heterocycles. The summed E-state index contributed by atoms with van der Waals surface area (Å²) in [5.74, 6) is -2.10. The van der Waals surface area contributed by atoms with Crippen molar-refractivity contribution in [2.45, 2.75) is 102 Å². The lowest BCUT2D eigenvalue weighted by molar-refractivity contribution is -1.92. The van der Waals surface area contributed by atoms with Crippen molar-refractivity contribution in [2.75, 3.05) is 6.61 Å². The molecule has 38 heavy (non-hydrogen) atoms. The number of hydrogen-bond acceptors (Lipinski definition) is 10. The Balaban J connectivity index is 0.000000617. The van der Waals surface area contributed by atoms with E-state index in [9.17, 15) is 19.8 Å². The molecule has 0 spiro atoms. The van der Waals surface area contributed by atoms with Gasteiger partial charge in [-0.1, -0.05) is 27.2 Å². The number of Topliss-reactive ketones (excluding diaryl/α,β-unsaturated/α-hetero) is 1. The number of allylic oxidation sites excluding steroid dienone is 1. The number of ether oxygens (including phenoxy) is 2. The molecule has 5 rings (SSSR count). The van der Waals surface area contributed by atoms with Gasteiger partial charge in [-0.25, -0.2) is 8.78 Å². The smallest absolute Gasteiger partial charge is 0.193 e. The summed E-state index contributed by atoms with van der Waals surface area (Å²) in [5.41, 5.74) is -5.82. The molecule has 0 aromatic rings. The maximum atomic E-state index is 17.2. The van der Waals surface area contributed by atoms with E-state index in [4.69, 9.17) is 28.1 Å². The largest absolute Gasteiger partial charge is 0.390 e. The van der Waals surface area contributed by atoms with E-state index in [0.29, 0.717) is 12.8 Å². The van der Waals surface area contributed by atoms with E-state index in [2.05, 4.69) is 0 Å². The first-order valence-corrected chi connectivity index (χ1v) is 14.1. The molecule has 3 N–H and O–H groups in total. The van der Waals surface area contributed by atoms with Crippen molar-refractivity contribution >= 4 is 11.6 Å². The Hall–Kier alpha value is -1.09. The van der Waals surface area contributed by atoms with Gasteiger partial charge in [-0.05, 0) is 49.7 Å². The number of fused-ring (bicyclic) bond motifs is 7. The summed E-state index contributed by atoms with van der Waals surface area (Å²) in [4.78, 5) is 25.2. The lowest BCUT2D eigenvalue weighted by Crippen LogP contribution is -2.71. The average molecular weight is 569 g/mol. The molecule has 1 saturated heterocycles. The van der Waals surface area contributed by atoms with E-state index in [1.165, 1.54) is 6.08 Å². The Morgan fingerprint density at radius 3 is 2.45 bits per heavy atom. The molecule has 1 heterocycles. The topological polar surface area (TPSA) is 182 Å². The molecule has 0 radical (unpaired) electrons. The van der Waals surface area contributed by atoms with Crippen LogP contribution in [0.1, 0.15) is 65.7 Å². The molecule has 4 fully saturated rings. The van der Waals surface area contributed by atoms with Gasteiger partial charge in [0.05, 0.1) is 27.1 Å². The minimum atomic E-state index is -4.69. The van der Waals surface area contributed by atoms with Crippen LogP contribution in [0.2, 0.25) is 0 Å². The SMILES string of the molecule is CCC[C@@H]1O[C@@H]2C[C@H]3[C@@H]4C[C@H](F)C5=CC(=O)CC[C@]5(C)[C@@]4(F)[C@@H](O)C[C@]3(C)[C@]2(C(=O)CO)O1.[O-][Cl+3]([O-])([O-])O. The second kappa shape index (κ2) is 9.78. The van der Waals surface area contributed by atoms with Crippen LogP contribution in [0.4, 0.5) is 8.78 Å². The lowest BCUT2D eigenvalue weighted by Gasteiger charge is -2.64. The molecule has 0 aromatic heterocycles. The first-order valence-electron chi connectivity index (χ1n) is 12.9. The standard InChI is InChI=1S/C25H34F2O6.ClHO4/c1-4-5-21-32-20-10-14-15-9-17(26)16-8-13(29)6-7-22(16,2)24(15,27)18(30)11-23(14,3)25(20,33-21)19(31)12-28;2-1(3,4)5/h8,14-15,17-18,20-21,28,30H,4-7,9-12H2,1-3H3;(H,2,3,4,5)/t14-,15-,17-,18-,20+,21+,22-,23-,24-,25+;/m0./s1. The first-order chi connectivity index (χ1) is 17.5. The summed E-state index contributed by atoms with van der Waals surface area (Å²) < 4.78 is 77.9. The predicted molar refractivity (Wildman–Crippen MR) is 116 cm³/mol. The van der Waals surface area contributed by atoms with Crippen molar-refractivity contribution < 1.29 is 66.9 Å². The van der Waals surface area contributed by atoms with E-state index in [1.54, 1.807) is 13.8 Å². The third-order valence-electron chi connectivity index (χ3n) is 9.90. The van der Waals surface area contributed by atoms with Crippen LogP contribution >= 0.6 is 0 Å². The predicted octanol–water partition coefficient (Wildman–Crippen LogP) is -1.14. The lowest BCUT2D eigenvalue weighted by atomic mass is 9.43. The molecule has 10 nitrogen and oxygen atoms in total. The molecule has 13 heteroatoms. The molecule has 10 atom stereocenters. The van der Waals surface area contributed by atoms with Crippen molar-refractivity contribution in [1.29, 1.82) is 0 Å². The fourth-order valence-corrected chi connectivity index (χ4v) is 8.36. The molecule has 5 aliphatic rings. The molecule has 216 valence electrons. The van der Waals surface area contributed by atoms with Crippen LogP contribution in [-0.4, -0.2) is 69.0 Å². The Bertz CT molecular complexity index is 999. The van der Waals surface area contributed by atoms with Gasteiger partial charge in [-0.2, -0.15) is 14.0 Å². The maximum Gasteiger partial charge on any atom is 0.193 e. The quantitative estimate of drug-likeness (QED) is 0.374. The van der Waals surface area contributed by atoms with Crippen molar-refractivity contribution in [2.24, 2.45) is 22.7 Å². The van der Waals surface area contributed by atoms with Gasteiger partial charge < -0.3 is 19.7 Å². The van der Waals surface area contributed by atoms with Gasteiger partial charge in [-0.15, -0.1) is 0 Å². The van der Waals surface area contributed by atoms with Gasteiger partial charge in [0.15, 0.2) is 23.5 Å². The molecule has 3 saturated carbocycles. The average Bonchev–Trinajstić information content (AvgIpc) is 3.28. The van der Waals surface area contributed by atoms with E-state index in [-0.39, 0.29) is 37.0 Å². The zero-order chi connectivity index (χ0) is 28.5. The van der Waals surface area contributed by atoms with Crippen LogP contribution in [0, 0.1) is 32.9 Å². The third kappa shape index (κ3) is 4.19. The van der Waals surface area contributed by atoms with Gasteiger partial charge in [0.1, 0.15) is 18.4 Å². The number of aliphatic hydroxyl groups excluding tert-OH is 2. The highest BCUT2D eigenvalue weighted by Gasteiger charge is 2.80. The van der Waals surface area contributed by atoms with Crippen LogP contribution < -0.4 is 14.0 Å². The highest BCUT2D eigenvalue weighted by atomic mass is 35.7. The number of carbonyl (C=O) groups is 2. The summed E-state index contributed by atoms with van der Waals surface area (Å²) in [6.45, 7) is 4.65. The zero-order valence-corrected chi connectivity index (χ0v) is 22.3. The van der Waals surface area contributed by atoms with Gasteiger partial charge in [-0.3, -0.25) is 9.59 Å². The number of rotatable bonds is 4. The number of halogens is 3. The van der Waals surface area contributed by atoms with Crippen LogP contribution in [-0.2, 0) is 19.1 Å². The minimum absolute atomic E-state index is 0.0666. The summed E-state index contributed by atoms with van der Waals surface area (Å²) in [6.07, 6.45) is -1.37. The highest BCUT2D eigenvalue weighted by molar-refractivity contribution is 5.92. The van der Waals surface area contributed by atoms with Gasteiger partial charge in [0.2, 0.25) is 0 Å². The number of hydrogen-bond donors (Lipinski definition) is 3. The van der Waals surface area contributed by atoms with Gasteiger partial charge in [0, 0.05) is 23.2 Å². The molecular weight excluding hydrogens is 534 g/mol. The summed E-state index contributed by atoms with van der Waals surface area (Å²) in [7, 11) is -4.69.